The number of amides is 1. The Kier molecular flexibility index (Phi) is 5.43. The van der Waals surface area contributed by atoms with E-state index in [-0.39, 0.29) is 17.4 Å². The largest absolute Gasteiger partial charge is 0.507 e. The summed E-state index contributed by atoms with van der Waals surface area (Å²) in [5, 5.41) is 11.5. The number of aliphatic hydroxyl groups is 1. The number of halogens is 1. The fourth-order valence-electron chi connectivity index (χ4n) is 3.97. The quantitative estimate of drug-likeness (QED) is 0.464. The van der Waals surface area contributed by atoms with Gasteiger partial charge < -0.3 is 14.7 Å². The van der Waals surface area contributed by atoms with Gasteiger partial charge in [-0.05, 0) is 37.5 Å². The van der Waals surface area contributed by atoms with Crippen LogP contribution in [0.5, 0.6) is 0 Å². The van der Waals surface area contributed by atoms with E-state index in [9.17, 15) is 14.7 Å². The first-order valence-electron chi connectivity index (χ1n) is 9.68. The molecule has 2 saturated heterocycles. The molecule has 0 aliphatic carbocycles. The number of carbonyl (C=O) groups excluding carboxylic acids is 2. The summed E-state index contributed by atoms with van der Waals surface area (Å²) < 4.78 is 5.69. The number of aryl methyl sites for hydroxylation is 1. The number of ketones is 1. The molecule has 0 saturated carbocycles. The van der Waals surface area contributed by atoms with Crippen LogP contribution < -0.4 is 0 Å². The predicted molar refractivity (Wildman–Crippen MR) is 111 cm³/mol. The molecule has 2 unspecified atom stereocenters. The predicted octanol–water partition coefficient (Wildman–Crippen LogP) is 4.25. The summed E-state index contributed by atoms with van der Waals surface area (Å²) >= 11 is 6.18. The molecule has 150 valence electrons. The molecule has 2 aromatic rings. The molecule has 1 amide bonds. The Morgan fingerprint density at radius 1 is 1.21 bits per heavy atom. The summed E-state index contributed by atoms with van der Waals surface area (Å²) in [6.45, 7) is 2.89. The number of rotatable bonds is 4. The minimum absolute atomic E-state index is 0.0825. The van der Waals surface area contributed by atoms with Crippen LogP contribution in [0.2, 0.25) is 5.02 Å². The normalized spacial score (nSPS) is 23.7. The highest BCUT2D eigenvalue weighted by atomic mass is 35.5. The van der Waals surface area contributed by atoms with E-state index in [2.05, 4.69) is 0 Å². The molecular weight excluding hydrogens is 390 g/mol. The maximum Gasteiger partial charge on any atom is 0.295 e. The number of hydrogen-bond acceptors (Lipinski definition) is 4. The monoisotopic (exact) mass is 411 g/mol. The third-order valence-electron chi connectivity index (χ3n) is 5.45. The van der Waals surface area contributed by atoms with Crippen molar-refractivity contribution in [1.82, 2.24) is 4.90 Å². The Bertz CT molecular complexity index is 977. The highest BCUT2D eigenvalue weighted by molar-refractivity contribution is 6.46. The van der Waals surface area contributed by atoms with Crippen molar-refractivity contribution in [2.45, 2.75) is 31.9 Å². The molecule has 6 heteroatoms. The lowest BCUT2D eigenvalue weighted by Crippen LogP contribution is -2.36. The van der Waals surface area contributed by atoms with Gasteiger partial charge in [0.2, 0.25) is 0 Å². The van der Waals surface area contributed by atoms with Gasteiger partial charge in [0, 0.05) is 23.7 Å². The van der Waals surface area contributed by atoms with Crippen molar-refractivity contribution in [2.75, 3.05) is 13.2 Å². The van der Waals surface area contributed by atoms with Crippen molar-refractivity contribution in [3.63, 3.8) is 0 Å². The van der Waals surface area contributed by atoms with Gasteiger partial charge in [0.1, 0.15) is 5.76 Å². The molecule has 2 aliphatic rings. The molecule has 2 heterocycles. The van der Waals surface area contributed by atoms with Crippen LogP contribution in [0, 0.1) is 6.92 Å². The summed E-state index contributed by atoms with van der Waals surface area (Å²) in [4.78, 5) is 27.4. The van der Waals surface area contributed by atoms with Crippen molar-refractivity contribution in [1.29, 1.82) is 0 Å². The Balaban J connectivity index is 1.83. The van der Waals surface area contributed by atoms with Crippen molar-refractivity contribution in [2.24, 2.45) is 0 Å². The number of Topliss-reactive ketones (excluding diaryl/α,β-unsaturated/α-hetero) is 1. The lowest BCUT2D eigenvalue weighted by Gasteiger charge is -2.27. The second-order valence-corrected chi connectivity index (χ2v) is 7.94. The van der Waals surface area contributed by atoms with Crippen LogP contribution in [0.15, 0.2) is 54.1 Å². The second-order valence-electron chi connectivity index (χ2n) is 7.51. The summed E-state index contributed by atoms with van der Waals surface area (Å²) in [6.07, 6.45) is 1.65. The van der Waals surface area contributed by atoms with E-state index in [4.69, 9.17) is 16.3 Å². The smallest absolute Gasteiger partial charge is 0.295 e. The number of likely N-dealkylation sites (tertiary alicyclic amines) is 1. The van der Waals surface area contributed by atoms with Gasteiger partial charge in [-0.1, -0.05) is 53.6 Å². The highest BCUT2D eigenvalue weighted by Gasteiger charge is 2.47. The average Bonchev–Trinajstić information content (AvgIpc) is 3.30. The van der Waals surface area contributed by atoms with E-state index in [1.54, 1.807) is 30.3 Å². The van der Waals surface area contributed by atoms with Gasteiger partial charge in [-0.3, -0.25) is 9.59 Å². The highest BCUT2D eigenvalue weighted by Crippen LogP contribution is 2.40. The number of carbonyl (C=O) groups is 2. The summed E-state index contributed by atoms with van der Waals surface area (Å²) in [6, 6.07) is 13.5. The second kappa shape index (κ2) is 8.01. The molecule has 0 radical (unpaired) electrons. The summed E-state index contributed by atoms with van der Waals surface area (Å²) in [5.41, 5.74) is 2.30. The first-order chi connectivity index (χ1) is 14.0. The Labute approximate surface area is 174 Å². The standard InChI is InChI=1S/C23H22ClNO4/c1-14-7-9-15(10-8-14)21(26)19-20(16-4-2-5-17(24)12-16)25(23(28)22(19)27)13-18-6-3-11-29-18/h2,4-5,7-10,12,18,20,26H,3,6,11,13H2,1H3/b21-19-. The molecule has 1 N–H and O–H groups in total. The Hall–Kier alpha value is -2.63. The van der Waals surface area contributed by atoms with Crippen LogP contribution in [0.1, 0.15) is 35.6 Å². The van der Waals surface area contributed by atoms with Crippen LogP contribution in [-0.2, 0) is 14.3 Å². The van der Waals surface area contributed by atoms with Gasteiger partial charge in [-0.15, -0.1) is 0 Å². The van der Waals surface area contributed by atoms with E-state index in [0.717, 1.165) is 18.4 Å². The first-order valence-corrected chi connectivity index (χ1v) is 10.1. The number of aliphatic hydroxyl groups excluding tert-OH is 1. The summed E-state index contributed by atoms with van der Waals surface area (Å²) in [5.74, 6) is -1.49. The lowest BCUT2D eigenvalue weighted by atomic mass is 9.95. The zero-order valence-electron chi connectivity index (χ0n) is 16.1. The molecule has 2 aromatic carbocycles. The van der Waals surface area contributed by atoms with Crippen LogP contribution in [0.4, 0.5) is 0 Å². The zero-order chi connectivity index (χ0) is 20.5. The SMILES string of the molecule is Cc1ccc(/C(O)=C2/C(=O)C(=O)N(CC3CCCO3)C2c2cccc(Cl)c2)cc1. The van der Waals surface area contributed by atoms with Crippen LogP contribution in [0.25, 0.3) is 5.76 Å². The topological polar surface area (TPSA) is 66.8 Å². The van der Waals surface area contributed by atoms with Gasteiger partial charge in [-0.25, -0.2) is 0 Å². The van der Waals surface area contributed by atoms with E-state index >= 15 is 0 Å². The zero-order valence-corrected chi connectivity index (χ0v) is 16.9. The van der Waals surface area contributed by atoms with E-state index in [1.165, 1.54) is 4.90 Å². The van der Waals surface area contributed by atoms with Crippen LogP contribution in [0.3, 0.4) is 0 Å². The molecule has 2 atom stereocenters. The molecule has 0 bridgehead atoms. The fraction of sp³-hybridized carbons (Fsp3) is 0.304. The third-order valence-corrected chi connectivity index (χ3v) is 5.69. The third kappa shape index (κ3) is 3.80. The Morgan fingerprint density at radius 3 is 2.62 bits per heavy atom. The molecule has 4 rings (SSSR count). The maximum absolute atomic E-state index is 13.0. The molecule has 0 spiro atoms. The van der Waals surface area contributed by atoms with E-state index in [1.807, 2.05) is 25.1 Å². The Morgan fingerprint density at radius 2 is 1.97 bits per heavy atom. The summed E-state index contributed by atoms with van der Waals surface area (Å²) in [7, 11) is 0. The van der Waals surface area contributed by atoms with E-state index in [0.29, 0.717) is 29.3 Å². The molecule has 2 fully saturated rings. The van der Waals surface area contributed by atoms with Gasteiger partial charge in [0.15, 0.2) is 0 Å². The molecule has 5 nitrogen and oxygen atoms in total. The van der Waals surface area contributed by atoms with Gasteiger partial charge in [0.25, 0.3) is 11.7 Å². The number of benzene rings is 2. The van der Waals surface area contributed by atoms with Crippen molar-refractivity contribution >= 4 is 29.1 Å². The van der Waals surface area contributed by atoms with Gasteiger partial charge in [0.05, 0.1) is 17.7 Å². The van der Waals surface area contributed by atoms with Gasteiger partial charge >= 0.3 is 0 Å². The van der Waals surface area contributed by atoms with E-state index < -0.39 is 17.7 Å². The lowest BCUT2D eigenvalue weighted by molar-refractivity contribution is -0.140. The minimum atomic E-state index is -0.709. The van der Waals surface area contributed by atoms with Crippen molar-refractivity contribution in [3.05, 3.63) is 75.8 Å². The molecular formula is C23H22ClNO4. The van der Waals surface area contributed by atoms with Crippen LogP contribution in [-0.4, -0.2) is 41.0 Å². The minimum Gasteiger partial charge on any atom is -0.507 e. The fourth-order valence-corrected chi connectivity index (χ4v) is 4.16. The first kappa shape index (κ1) is 19.7. The maximum atomic E-state index is 13.0. The average molecular weight is 412 g/mol. The molecule has 2 aliphatic heterocycles. The van der Waals surface area contributed by atoms with Crippen molar-refractivity contribution in [3.8, 4) is 0 Å². The van der Waals surface area contributed by atoms with Crippen LogP contribution >= 0.6 is 11.6 Å². The molecule has 29 heavy (non-hydrogen) atoms. The van der Waals surface area contributed by atoms with Gasteiger partial charge in [-0.2, -0.15) is 0 Å². The van der Waals surface area contributed by atoms with Crippen molar-refractivity contribution < 1.29 is 19.4 Å². The number of hydrogen-bond donors (Lipinski definition) is 1. The number of nitrogens with zero attached hydrogens (tertiary/aromatic N) is 1. The number of ether oxygens (including phenoxy) is 1. The molecule has 0 aromatic heterocycles.